The molecule has 0 radical (unpaired) electrons. The SMILES string of the molecule is CC(=O)C[S+]1CCCC1.O=S(=O)([O-])C(F)(F)F. The third-order valence-corrected chi connectivity index (χ3v) is 4.92. The molecule has 1 rings (SSSR count). The van der Waals surface area contributed by atoms with E-state index in [1.165, 1.54) is 24.3 Å². The highest BCUT2D eigenvalue weighted by Gasteiger charge is 2.36. The lowest BCUT2D eigenvalue weighted by atomic mass is 10.4. The van der Waals surface area contributed by atoms with Crippen LogP contribution in [0.5, 0.6) is 0 Å². The minimum Gasteiger partial charge on any atom is -0.741 e. The molecular formula is C8H13F3O4S2. The van der Waals surface area contributed by atoms with Crippen molar-refractivity contribution in [2.75, 3.05) is 17.3 Å². The molecule has 0 saturated carbocycles. The predicted octanol–water partition coefficient (Wildman–Crippen LogP) is 1.04. The van der Waals surface area contributed by atoms with E-state index in [1.54, 1.807) is 6.92 Å². The topological polar surface area (TPSA) is 74.3 Å². The van der Waals surface area contributed by atoms with Gasteiger partial charge in [-0.05, 0) is 30.7 Å². The largest absolute Gasteiger partial charge is 0.741 e. The summed E-state index contributed by atoms with van der Waals surface area (Å²) in [5, 5.41) is 0. The summed E-state index contributed by atoms with van der Waals surface area (Å²) in [6.45, 7) is 1.70. The number of hydrogen-bond acceptors (Lipinski definition) is 4. The van der Waals surface area contributed by atoms with Crippen molar-refractivity contribution in [2.24, 2.45) is 0 Å². The molecule has 1 aliphatic rings. The maximum Gasteiger partial charge on any atom is 0.485 e. The summed E-state index contributed by atoms with van der Waals surface area (Å²) in [6.07, 6.45) is 2.72. The van der Waals surface area contributed by atoms with Gasteiger partial charge in [0.25, 0.3) is 0 Å². The lowest BCUT2D eigenvalue weighted by molar-refractivity contribution is -0.114. The fraction of sp³-hybridized carbons (Fsp3) is 0.875. The lowest BCUT2D eigenvalue weighted by Crippen LogP contribution is -2.21. The van der Waals surface area contributed by atoms with Crippen LogP contribution >= 0.6 is 0 Å². The Morgan fingerprint density at radius 1 is 1.29 bits per heavy atom. The van der Waals surface area contributed by atoms with Crippen LogP contribution in [0.25, 0.3) is 0 Å². The third kappa shape index (κ3) is 7.61. The van der Waals surface area contributed by atoms with Crippen LogP contribution in [0.4, 0.5) is 13.2 Å². The summed E-state index contributed by atoms with van der Waals surface area (Å²) in [4.78, 5) is 10.6. The Morgan fingerprint density at radius 2 is 1.65 bits per heavy atom. The van der Waals surface area contributed by atoms with Gasteiger partial charge in [-0.25, -0.2) is 8.42 Å². The van der Waals surface area contributed by atoms with Crippen LogP contribution in [0.15, 0.2) is 0 Å². The van der Waals surface area contributed by atoms with Crippen LogP contribution < -0.4 is 0 Å². The van der Waals surface area contributed by atoms with Crippen LogP contribution in [0.2, 0.25) is 0 Å². The first-order chi connectivity index (χ1) is 7.54. The molecule has 1 saturated heterocycles. The molecule has 0 amide bonds. The summed E-state index contributed by atoms with van der Waals surface area (Å²) in [6, 6.07) is 0. The monoisotopic (exact) mass is 294 g/mol. The average Bonchev–Trinajstić information content (AvgIpc) is 2.52. The van der Waals surface area contributed by atoms with Crippen molar-refractivity contribution in [2.45, 2.75) is 25.3 Å². The molecule has 0 N–H and O–H groups in total. The molecule has 9 heteroatoms. The third-order valence-electron chi connectivity index (χ3n) is 1.81. The number of carbonyl (C=O) groups is 1. The molecule has 0 aromatic heterocycles. The first kappa shape index (κ1) is 16.7. The molecule has 0 atom stereocenters. The number of ketones is 1. The Kier molecular flexibility index (Phi) is 6.49. The fourth-order valence-corrected chi connectivity index (χ4v) is 3.44. The summed E-state index contributed by atoms with van der Waals surface area (Å²) in [7, 11) is -5.60. The van der Waals surface area contributed by atoms with E-state index in [-0.39, 0.29) is 0 Å². The summed E-state index contributed by atoms with van der Waals surface area (Å²) < 4.78 is 58.9. The average molecular weight is 294 g/mol. The number of carbonyl (C=O) groups excluding carboxylic acids is 1. The van der Waals surface area contributed by atoms with Crippen LogP contribution in [-0.2, 0) is 25.8 Å². The van der Waals surface area contributed by atoms with Gasteiger partial charge in [-0.1, -0.05) is 0 Å². The van der Waals surface area contributed by atoms with E-state index in [0.29, 0.717) is 16.7 Å². The van der Waals surface area contributed by atoms with Gasteiger partial charge >= 0.3 is 5.51 Å². The molecule has 1 aliphatic heterocycles. The summed E-state index contributed by atoms with van der Waals surface area (Å²) >= 11 is 0. The Morgan fingerprint density at radius 3 is 1.88 bits per heavy atom. The van der Waals surface area contributed by atoms with Crippen LogP contribution in [-0.4, -0.2) is 41.5 Å². The van der Waals surface area contributed by atoms with Crippen LogP contribution in [0, 0.1) is 0 Å². The van der Waals surface area contributed by atoms with E-state index in [4.69, 9.17) is 13.0 Å². The van der Waals surface area contributed by atoms with Gasteiger partial charge in [0.15, 0.2) is 21.7 Å². The summed E-state index contributed by atoms with van der Waals surface area (Å²) in [5.41, 5.74) is -5.65. The minimum absolute atomic E-state index is 0.375. The van der Waals surface area contributed by atoms with E-state index in [1.807, 2.05) is 0 Å². The quantitative estimate of drug-likeness (QED) is 0.433. The van der Waals surface area contributed by atoms with Crippen molar-refractivity contribution in [3.8, 4) is 0 Å². The minimum atomic E-state index is -6.09. The van der Waals surface area contributed by atoms with E-state index in [2.05, 4.69) is 0 Å². The fourth-order valence-electron chi connectivity index (χ4n) is 1.15. The van der Waals surface area contributed by atoms with Crippen molar-refractivity contribution >= 4 is 26.8 Å². The normalized spacial score (nSPS) is 17.5. The van der Waals surface area contributed by atoms with Crippen molar-refractivity contribution in [1.29, 1.82) is 0 Å². The van der Waals surface area contributed by atoms with Gasteiger partial charge in [-0.3, -0.25) is 4.79 Å². The second kappa shape index (κ2) is 6.60. The molecule has 102 valence electrons. The zero-order valence-electron chi connectivity index (χ0n) is 9.12. The molecule has 0 aromatic rings. The lowest BCUT2D eigenvalue weighted by Gasteiger charge is -2.08. The van der Waals surface area contributed by atoms with Crippen molar-refractivity contribution in [3.63, 3.8) is 0 Å². The maximum absolute atomic E-state index is 10.7. The van der Waals surface area contributed by atoms with Crippen LogP contribution in [0.1, 0.15) is 19.8 Å². The molecule has 0 unspecified atom stereocenters. The Bertz CT molecular complexity index is 344. The first-order valence-corrected chi connectivity index (χ1v) is 7.84. The summed E-state index contributed by atoms with van der Waals surface area (Å²) in [5.74, 6) is 3.87. The van der Waals surface area contributed by atoms with Gasteiger partial charge in [0, 0.05) is 0 Å². The van der Waals surface area contributed by atoms with E-state index in [9.17, 15) is 18.0 Å². The van der Waals surface area contributed by atoms with Gasteiger partial charge in [0.05, 0.1) is 0 Å². The number of Topliss-reactive ketones (excluding diaryl/α,β-unsaturated/α-hetero) is 1. The highest BCUT2D eigenvalue weighted by molar-refractivity contribution is 7.97. The smallest absolute Gasteiger partial charge is 0.485 e. The van der Waals surface area contributed by atoms with Gasteiger partial charge in [-0.15, -0.1) is 0 Å². The second-order valence-corrected chi connectivity index (χ2v) is 7.18. The first-order valence-electron chi connectivity index (χ1n) is 4.69. The number of alkyl halides is 3. The molecule has 0 spiro atoms. The molecule has 0 aliphatic carbocycles. The van der Waals surface area contributed by atoms with Crippen molar-refractivity contribution < 1.29 is 30.9 Å². The van der Waals surface area contributed by atoms with Crippen LogP contribution in [0.3, 0.4) is 0 Å². The standard InChI is InChI=1S/C7H13OS.CHF3O3S/c1-7(8)6-9-4-2-3-5-9;2-1(3,4)8(5,6)7/h2-6H2,1H3;(H,5,6,7)/q+1;/p-1. The molecule has 1 fully saturated rings. The molecular weight excluding hydrogens is 281 g/mol. The van der Waals surface area contributed by atoms with Crippen molar-refractivity contribution in [3.05, 3.63) is 0 Å². The number of rotatable bonds is 2. The zero-order chi connectivity index (χ0) is 13.7. The molecule has 17 heavy (non-hydrogen) atoms. The molecule has 0 bridgehead atoms. The second-order valence-electron chi connectivity index (χ2n) is 3.47. The van der Waals surface area contributed by atoms with Gasteiger partial charge in [-0.2, -0.15) is 13.2 Å². The predicted molar refractivity (Wildman–Crippen MR) is 57.6 cm³/mol. The van der Waals surface area contributed by atoms with Gasteiger partial charge in [0.1, 0.15) is 11.5 Å². The van der Waals surface area contributed by atoms with E-state index >= 15 is 0 Å². The molecule has 1 heterocycles. The molecule has 0 aromatic carbocycles. The Labute approximate surface area is 101 Å². The Hall–Kier alpha value is -0.280. The van der Waals surface area contributed by atoms with E-state index in [0.717, 1.165) is 5.75 Å². The highest BCUT2D eigenvalue weighted by atomic mass is 32.2. The van der Waals surface area contributed by atoms with Crippen molar-refractivity contribution in [1.82, 2.24) is 0 Å². The van der Waals surface area contributed by atoms with Gasteiger partial charge < -0.3 is 4.55 Å². The molecule has 4 nitrogen and oxygen atoms in total. The van der Waals surface area contributed by atoms with E-state index < -0.39 is 15.6 Å². The zero-order valence-corrected chi connectivity index (χ0v) is 10.8. The number of halogens is 3. The highest BCUT2D eigenvalue weighted by Crippen LogP contribution is 2.20. The number of hydrogen-bond donors (Lipinski definition) is 0. The van der Waals surface area contributed by atoms with Gasteiger partial charge in [0.2, 0.25) is 0 Å². The Balaban J connectivity index is 0.000000304. The maximum atomic E-state index is 10.7.